The molecule has 0 saturated heterocycles. The lowest BCUT2D eigenvalue weighted by molar-refractivity contribution is -0.114. The van der Waals surface area contributed by atoms with Crippen molar-refractivity contribution in [1.29, 1.82) is 0 Å². The van der Waals surface area contributed by atoms with E-state index in [0.717, 1.165) is 21.7 Å². The summed E-state index contributed by atoms with van der Waals surface area (Å²) in [4.78, 5) is 39.8. The summed E-state index contributed by atoms with van der Waals surface area (Å²) in [6.45, 7) is 3.98. The molecule has 0 bridgehead atoms. The highest BCUT2D eigenvalue weighted by atomic mass is 32.2. The number of benzene rings is 4. The van der Waals surface area contributed by atoms with Crippen LogP contribution in [0.2, 0.25) is 0 Å². The van der Waals surface area contributed by atoms with Gasteiger partial charge in [-0.2, -0.15) is 0 Å². The van der Waals surface area contributed by atoms with Gasteiger partial charge in [0.05, 0.1) is 20.0 Å². The second-order valence-electron chi connectivity index (χ2n) is 9.55. The number of aryl methyl sites for hydroxylation is 1. The number of amides is 3. The van der Waals surface area contributed by atoms with Gasteiger partial charge in [0, 0.05) is 33.5 Å². The molecule has 4 aromatic carbocycles. The quantitative estimate of drug-likeness (QED) is 0.136. The molecule has 0 saturated carbocycles. The molecule has 0 aliphatic carbocycles. The molecular weight excluding hydrogens is 562 g/mol. The van der Waals surface area contributed by atoms with Crippen molar-refractivity contribution >= 4 is 46.9 Å². The Morgan fingerprint density at radius 2 is 1.56 bits per heavy atom. The molecule has 220 valence electrons. The number of nitrogens with one attached hydrogen (secondary N) is 3. The van der Waals surface area contributed by atoms with Gasteiger partial charge in [-0.1, -0.05) is 30.3 Å². The SMILES string of the molecule is COc1ccc(/C=C(\NC(=O)c2ccccc2)C(=O)Nc2ccc(SCC(=O)Nc3cccc(C)c3C)cc2)c(OC)c1. The van der Waals surface area contributed by atoms with Crippen LogP contribution in [-0.4, -0.2) is 37.7 Å². The number of methoxy groups -OCH3 is 2. The van der Waals surface area contributed by atoms with E-state index in [1.165, 1.54) is 18.9 Å². The summed E-state index contributed by atoms with van der Waals surface area (Å²) in [7, 11) is 3.06. The lowest BCUT2D eigenvalue weighted by Crippen LogP contribution is -2.30. The van der Waals surface area contributed by atoms with Crippen LogP contribution in [-0.2, 0) is 9.59 Å². The molecule has 0 spiro atoms. The number of ether oxygens (including phenoxy) is 2. The Labute approximate surface area is 255 Å². The van der Waals surface area contributed by atoms with E-state index in [1.54, 1.807) is 67.8 Å². The molecule has 0 radical (unpaired) electrons. The van der Waals surface area contributed by atoms with Crippen LogP contribution >= 0.6 is 11.8 Å². The second kappa shape index (κ2) is 14.7. The smallest absolute Gasteiger partial charge is 0.272 e. The molecule has 9 heteroatoms. The number of carbonyl (C=O) groups is 3. The predicted molar refractivity (Wildman–Crippen MR) is 172 cm³/mol. The van der Waals surface area contributed by atoms with Crippen LogP contribution < -0.4 is 25.4 Å². The van der Waals surface area contributed by atoms with Crippen molar-refractivity contribution in [2.45, 2.75) is 18.7 Å². The Bertz CT molecular complexity index is 1640. The zero-order valence-corrected chi connectivity index (χ0v) is 25.2. The number of hydrogen-bond acceptors (Lipinski definition) is 6. The molecule has 0 unspecified atom stereocenters. The van der Waals surface area contributed by atoms with Crippen LogP contribution in [0.4, 0.5) is 11.4 Å². The highest BCUT2D eigenvalue weighted by Gasteiger charge is 2.17. The van der Waals surface area contributed by atoms with Crippen LogP contribution in [0.1, 0.15) is 27.0 Å². The standard InChI is InChI=1S/C34H33N3O5S/c1-22-9-8-12-29(23(22)2)36-32(38)21-43-28-17-14-26(15-18-28)35-34(40)30(37-33(39)24-10-6-5-7-11-24)19-25-13-16-27(41-3)20-31(25)42-4/h5-20H,21H2,1-4H3,(H,35,40)(H,36,38)(H,37,39)/b30-19-. The van der Waals surface area contributed by atoms with Gasteiger partial charge in [0.25, 0.3) is 11.8 Å². The fraction of sp³-hybridized carbons (Fsp3) is 0.147. The monoisotopic (exact) mass is 595 g/mol. The molecule has 0 aliphatic rings. The first-order chi connectivity index (χ1) is 20.8. The fourth-order valence-electron chi connectivity index (χ4n) is 4.09. The van der Waals surface area contributed by atoms with E-state index in [2.05, 4.69) is 16.0 Å². The average Bonchev–Trinajstić information content (AvgIpc) is 3.03. The molecule has 0 heterocycles. The van der Waals surface area contributed by atoms with Gasteiger partial charge in [-0.05, 0) is 85.6 Å². The molecule has 0 atom stereocenters. The maximum absolute atomic E-state index is 13.4. The topological polar surface area (TPSA) is 106 Å². The predicted octanol–water partition coefficient (Wildman–Crippen LogP) is 6.46. The van der Waals surface area contributed by atoms with E-state index in [4.69, 9.17) is 9.47 Å². The molecule has 3 N–H and O–H groups in total. The van der Waals surface area contributed by atoms with Crippen molar-refractivity contribution in [2.75, 3.05) is 30.6 Å². The van der Waals surface area contributed by atoms with Crippen molar-refractivity contribution in [3.05, 3.63) is 119 Å². The van der Waals surface area contributed by atoms with Gasteiger partial charge in [0.15, 0.2) is 0 Å². The molecule has 4 aromatic rings. The number of thioether (sulfide) groups is 1. The second-order valence-corrected chi connectivity index (χ2v) is 10.6. The van der Waals surface area contributed by atoms with Crippen molar-refractivity contribution in [2.24, 2.45) is 0 Å². The minimum Gasteiger partial charge on any atom is -0.497 e. The Morgan fingerprint density at radius 1 is 0.814 bits per heavy atom. The molecule has 0 aliphatic heterocycles. The summed E-state index contributed by atoms with van der Waals surface area (Å²) in [6, 6.07) is 26.7. The lowest BCUT2D eigenvalue weighted by atomic mass is 10.1. The highest BCUT2D eigenvalue weighted by molar-refractivity contribution is 8.00. The van der Waals surface area contributed by atoms with Crippen LogP contribution in [0.15, 0.2) is 102 Å². The van der Waals surface area contributed by atoms with Crippen LogP contribution in [0.5, 0.6) is 11.5 Å². The van der Waals surface area contributed by atoms with Gasteiger partial charge in [-0.3, -0.25) is 14.4 Å². The summed E-state index contributed by atoms with van der Waals surface area (Å²) in [5, 5.41) is 8.53. The summed E-state index contributed by atoms with van der Waals surface area (Å²) in [5.41, 5.74) is 4.50. The highest BCUT2D eigenvalue weighted by Crippen LogP contribution is 2.27. The largest absolute Gasteiger partial charge is 0.497 e. The zero-order chi connectivity index (χ0) is 30.8. The van der Waals surface area contributed by atoms with Crippen molar-refractivity contribution < 1.29 is 23.9 Å². The Hall–Kier alpha value is -5.02. The maximum Gasteiger partial charge on any atom is 0.272 e. The maximum atomic E-state index is 13.4. The van der Waals surface area contributed by atoms with Gasteiger partial charge in [0.2, 0.25) is 5.91 Å². The minimum atomic E-state index is -0.518. The van der Waals surface area contributed by atoms with Gasteiger partial charge in [0.1, 0.15) is 17.2 Å². The molecule has 0 fully saturated rings. The fourth-order valence-corrected chi connectivity index (χ4v) is 4.79. The minimum absolute atomic E-state index is 0.0267. The average molecular weight is 596 g/mol. The zero-order valence-electron chi connectivity index (χ0n) is 24.4. The molecule has 3 amide bonds. The van der Waals surface area contributed by atoms with Crippen molar-refractivity contribution in [1.82, 2.24) is 5.32 Å². The number of carbonyl (C=O) groups excluding carboxylic acids is 3. The first-order valence-corrected chi connectivity index (χ1v) is 14.5. The summed E-state index contributed by atoms with van der Waals surface area (Å²) >= 11 is 1.39. The third-order valence-corrected chi connectivity index (χ3v) is 7.64. The summed E-state index contributed by atoms with van der Waals surface area (Å²) in [6.07, 6.45) is 1.55. The molecule has 8 nitrogen and oxygen atoms in total. The Morgan fingerprint density at radius 3 is 2.26 bits per heavy atom. The summed E-state index contributed by atoms with van der Waals surface area (Å²) in [5.74, 6) is 0.252. The van der Waals surface area contributed by atoms with Gasteiger partial charge in [-0.25, -0.2) is 0 Å². The van der Waals surface area contributed by atoms with Crippen molar-refractivity contribution in [3.63, 3.8) is 0 Å². The van der Waals surface area contributed by atoms with E-state index in [1.807, 2.05) is 50.2 Å². The lowest BCUT2D eigenvalue weighted by Gasteiger charge is -2.13. The van der Waals surface area contributed by atoms with E-state index >= 15 is 0 Å². The van der Waals surface area contributed by atoms with Gasteiger partial charge >= 0.3 is 0 Å². The number of anilines is 2. The van der Waals surface area contributed by atoms with E-state index < -0.39 is 11.8 Å². The molecule has 0 aromatic heterocycles. The number of hydrogen-bond donors (Lipinski definition) is 3. The van der Waals surface area contributed by atoms with E-state index in [-0.39, 0.29) is 17.4 Å². The molecule has 43 heavy (non-hydrogen) atoms. The van der Waals surface area contributed by atoms with Crippen LogP contribution in [0.25, 0.3) is 6.08 Å². The third kappa shape index (κ3) is 8.50. The summed E-state index contributed by atoms with van der Waals surface area (Å²) < 4.78 is 10.7. The third-order valence-electron chi connectivity index (χ3n) is 6.63. The first-order valence-electron chi connectivity index (χ1n) is 13.5. The number of rotatable bonds is 11. The van der Waals surface area contributed by atoms with Gasteiger partial charge < -0.3 is 25.4 Å². The van der Waals surface area contributed by atoms with Gasteiger partial charge in [-0.15, -0.1) is 11.8 Å². The van der Waals surface area contributed by atoms with E-state index in [9.17, 15) is 14.4 Å². The Kier molecular flexibility index (Phi) is 10.6. The van der Waals surface area contributed by atoms with E-state index in [0.29, 0.717) is 28.3 Å². The van der Waals surface area contributed by atoms with Crippen molar-refractivity contribution in [3.8, 4) is 11.5 Å². The Balaban J connectivity index is 1.46. The molecule has 4 rings (SSSR count). The molecular formula is C34H33N3O5S. The van der Waals surface area contributed by atoms with Crippen LogP contribution in [0.3, 0.4) is 0 Å². The first kappa shape index (κ1) is 30.9. The normalized spacial score (nSPS) is 10.9. The van der Waals surface area contributed by atoms with Crippen LogP contribution in [0, 0.1) is 13.8 Å².